The van der Waals surface area contributed by atoms with Crippen LogP contribution in [0.4, 0.5) is 10.1 Å². The Morgan fingerprint density at radius 2 is 1.56 bits per heavy atom. The number of hydrogen-bond donors (Lipinski definition) is 1. The molecule has 2 amide bonds. The van der Waals surface area contributed by atoms with Gasteiger partial charge in [0.15, 0.2) is 0 Å². The van der Waals surface area contributed by atoms with Gasteiger partial charge in [-0.05, 0) is 44.0 Å². The summed E-state index contributed by atoms with van der Waals surface area (Å²) in [7, 11) is -3.86. The van der Waals surface area contributed by atoms with Crippen molar-refractivity contribution in [2.45, 2.75) is 52.2 Å². The number of carbonyl (C=O) groups excluding carboxylic acids is 2. The predicted molar refractivity (Wildman–Crippen MR) is 152 cm³/mol. The van der Waals surface area contributed by atoms with E-state index in [0.29, 0.717) is 12.1 Å². The number of amides is 2. The van der Waals surface area contributed by atoms with Gasteiger partial charge < -0.3 is 10.2 Å². The summed E-state index contributed by atoms with van der Waals surface area (Å²) in [5.74, 6) is -1.53. The topological polar surface area (TPSA) is 86.8 Å². The lowest BCUT2D eigenvalue weighted by Gasteiger charge is -2.34. The van der Waals surface area contributed by atoms with E-state index in [9.17, 15) is 22.4 Å². The second-order valence-electron chi connectivity index (χ2n) is 9.74. The van der Waals surface area contributed by atoms with E-state index in [-0.39, 0.29) is 30.5 Å². The lowest BCUT2D eigenvalue weighted by atomic mass is 10.0. The van der Waals surface area contributed by atoms with Gasteiger partial charge in [-0.1, -0.05) is 73.2 Å². The standard InChI is InChI=1S/C30H36FN3O4S/c1-5-23(3)32-30(36)28(19-24-11-7-6-8-12-24)33(20-25-13-9-10-14-27(25)31)29(35)21-34(39(4,37)38)26-17-15-22(2)16-18-26/h6-18,23,28H,5,19-21H2,1-4H3,(H,32,36)/t23-,28+/m0/s1. The van der Waals surface area contributed by atoms with Crippen molar-refractivity contribution < 1.29 is 22.4 Å². The maximum Gasteiger partial charge on any atom is 0.244 e. The van der Waals surface area contributed by atoms with Crippen LogP contribution in [0.25, 0.3) is 0 Å². The van der Waals surface area contributed by atoms with Crippen molar-refractivity contribution in [3.8, 4) is 0 Å². The molecule has 0 radical (unpaired) electrons. The highest BCUT2D eigenvalue weighted by Gasteiger charge is 2.33. The van der Waals surface area contributed by atoms with Crippen LogP contribution in [0.1, 0.15) is 37.0 Å². The van der Waals surface area contributed by atoms with Gasteiger partial charge in [0.05, 0.1) is 11.9 Å². The highest BCUT2D eigenvalue weighted by Crippen LogP contribution is 2.21. The molecule has 2 atom stereocenters. The second-order valence-corrected chi connectivity index (χ2v) is 11.6. The van der Waals surface area contributed by atoms with Crippen molar-refractivity contribution in [1.82, 2.24) is 10.2 Å². The summed E-state index contributed by atoms with van der Waals surface area (Å²) in [6.45, 7) is 4.93. The van der Waals surface area contributed by atoms with Crippen LogP contribution in [0, 0.1) is 12.7 Å². The SMILES string of the molecule is CC[C@H](C)NC(=O)[C@@H](Cc1ccccc1)N(Cc1ccccc1F)C(=O)CN(c1ccc(C)cc1)S(C)(=O)=O. The minimum atomic E-state index is -3.86. The average molecular weight is 554 g/mol. The number of nitrogens with one attached hydrogen (secondary N) is 1. The van der Waals surface area contributed by atoms with E-state index in [1.807, 2.05) is 51.1 Å². The Labute approximate surface area is 230 Å². The highest BCUT2D eigenvalue weighted by molar-refractivity contribution is 7.92. The number of carbonyl (C=O) groups is 2. The Bertz CT molecular complexity index is 1360. The molecule has 0 aliphatic heterocycles. The fourth-order valence-corrected chi connectivity index (χ4v) is 4.98. The molecular weight excluding hydrogens is 517 g/mol. The highest BCUT2D eigenvalue weighted by atomic mass is 32.2. The van der Waals surface area contributed by atoms with Crippen molar-refractivity contribution >= 4 is 27.5 Å². The van der Waals surface area contributed by atoms with Crippen LogP contribution in [0.5, 0.6) is 0 Å². The monoisotopic (exact) mass is 553 g/mol. The first-order valence-corrected chi connectivity index (χ1v) is 14.8. The summed E-state index contributed by atoms with van der Waals surface area (Å²) in [6.07, 6.45) is 1.88. The minimum Gasteiger partial charge on any atom is -0.352 e. The first kappa shape index (κ1) is 29.8. The van der Waals surface area contributed by atoms with E-state index in [4.69, 9.17) is 0 Å². The summed E-state index contributed by atoms with van der Waals surface area (Å²) in [5, 5.41) is 2.95. The predicted octanol–water partition coefficient (Wildman–Crippen LogP) is 4.45. The molecule has 0 unspecified atom stereocenters. The summed E-state index contributed by atoms with van der Waals surface area (Å²) in [6, 6.07) is 20.9. The molecule has 0 bridgehead atoms. The molecule has 3 aromatic rings. The molecule has 0 saturated heterocycles. The normalized spacial score (nSPS) is 12.8. The Kier molecular flexibility index (Phi) is 10.2. The van der Waals surface area contributed by atoms with Crippen LogP contribution >= 0.6 is 0 Å². The third kappa shape index (κ3) is 8.38. The molecule has 3 aromatic carbocycles. The zero-order valence-corrected chi connectivity index (χ0v) is 23.6. The van der Waals surface area contributed by atoms with Crippen LogP contribution < -0.4 is 9.62 Å². The van der Waals surface area contributed by atoms with Gasteiger partial charge in [0.1, 0.15) is 18.4 Å². The fraction of sp³-hybridized carbons (Fsp3) is 0.333. The van der Waals surface area contributed by atoms with Crippen LogP contribution in [-0.2, 0) is 32.6 Å². The van der Waals surface area contributed by atoms with Crippen LogP contribution in [0.2, 0.25) is 0 Å². The lowest BCUT2D eigenvalue weighted by molar-refractivity contribution is -0.140. The molecule has 0 aliphatic carbocycles. The number of aryl methyl sites for hydroxylation is 1. The van der Waals surface area contributed by atoms with E-state index in [2.05, 4.69) is 5.32 Å². The summed E-state index contributed by atoms with van der Waals surface area (Å²) in [5.41, 5.74) is 2.29. The summed E-state index contributed by atoms with van der Waals surface area (Å²) >= 11 is 0. The van der Waals surface area contributed by atoms with Gasteiger partial charge in [-0.3, -0.25) is 13.9 Å². The molecule has 39 heavy (non-hydrogen) atoms. The fourth-order valence-electron chi connectivity index (χ4n) is 4.13. The maximum absolute atomic E-state index is 14.8. The number of hydrogen-bond acceptors (Lipinski definition) is 4. The van der Waals surface area contributed by atoms with Crippen molar-refractivity contribution in [3.63, 3.8) is 0 Å². The number of sulfonamides is 1. The number of anilines is 1. The van der Waals surface area contributed by atoms with Crippen molar-refractivity contribution in [2.24, 2.45) is 0 Å². The molecule has 0 heterocycles. The maximum atomic E-state index is 14.8. The molecule has 0 aromatic heterocycles. The van der Waals surface area contributed by atoms with Crippen molar-refractivity contribution in [2.75, 3.05) is 17.1 Å². The molecule has 3 rings (SSSR count). The molecule has 0 aliphatic rings. The third-order valence-electron chi connectivity index (χ3n) is 6.57. The van der Waals surface area contributed by atoms with Gasteiger partial charge in [-0.2, -0.15) is 0 Å². The van der Waals surface area contributed by atoms with E-state index in [1.165, 1.54) is 11.0 Å². The van der Waals surface area contributed by atoms with E-state index in [1.54, 1.807) is 42.5 Å². The van der Waals surface area contributed by atoms with Crippen LogP contribution in [0.15, 0.2) is 78.9 Å². The van der Waals surface area contributed by atoms with Crippen molar-refractivity contribution in [1.29, 1.82) is 0 Å². The zero-order chi connectivity index (χ0) is 28.6. The Balaban J connectivity index is 2.06. The Morgan fingerprint density at radius 1 is 0.949 bits per heavy atom. The van der Waals surface area contributed by atoms with E-state index in [0.717, 1.165) is 21.7 Å². The third-order valence-corrected chi connectivity index (χ3v) is 7.71. The zero-order valence-electron chi connectivity index (χ0n) is 22.8. The number of halogens is 1. The van der Waals surface area contributed by atoms with Gasteiger partial charge in [-0.15, -0.1) is 0 Å². The molecule has 208 valence electrons. The molecular formula is C30H36FN3O4S. The van der Waals surface area contributed by atoms with Gasteiger partial charge >= 0.3 is 0 Å². The van der Waals surface area contributed by atoms with Crippen molar-refractivity contribution in [3.05, 3.63) is 101 Å². The number of rotatable bonds is 12. The van der Waals surface area contributed by atoms with Crippen LogP contribution in [-0.4, -0.2) is 50.0 Å². The van der Waals surface area contributed by atoms with E-state index < -0.39 is 34.3 Å². The lowest BCUT2D eigenvalue weighted by Crippen LogP contribution is -2.54. The largest absolute Gasteiger partial charge is 0.352 e. The number of benzene rings is 3. The molecule has 1 N–H and O–H groups in total. The minimum absolute atomic E-state index is 0.152. The van der Waals surface area contributed by atoms with Gasteiger partial charge in [0.2, 0.25) is 21.8 Å². The first-order chi connectivity index (χ1) is 18.5. The quantitative estimate of drug-likeness (QED) is 0.359. The van der Waals surface area contributed by atoms with Gasteiger partial charge in [-0.25, -0.2) is 12.8 Å². The Hall–Kier alpha value is -3.72. The van der Waals surface area contributed by atoms with Gasteiger partial charge in [0.25, 0.3) is 0 Å². The smallest absolute Gasteiger partial charge is 0.244 e. The van der Waals surface area contributed by atoms with Crippen LogP contribution in [0.3, 0.4) is 0 Å². The molecule has 0 fully saturated rings. The first-order valence-electron chi connectivity index (χ1n) is 12.9. The number of nitrogens with zero attached hydrogens (tertiary/aromatic N) is 2. The van der Waals surface area contributed by atoms with E-state index >= 15 is 0 Å². The Morgan fingerprint density at radius 3 is 2.15 bits per heavy atom. The summed E-state index contributed by atoms with van der Waals surface area (Å²) < 4.78 is 41.4. The molecule has 0 spiro atoms. The molecule has 9 heteroatoms. The molecule has 7 nitrogen and oxygen atoms in total. The molecule has 0 saturated carbocycles. The van der Waals surface area contributed by atoms with Gasteiger partial charge in [0, 0.05) is 24.6 Å². The average Bonchev–Trinajstić information content (AvgIpc) is 2.90. The summed E-state index contributed by atoms with van der Waals surface area (Å²) in [4.78, 5) is 28.8. The second kappa shape index (κ2) is 13.4.